The van der Waals surface area contributed by atoms with E-state index < -0.39 is 18.4 Å². The molecule has 0 N–H and O–H groups in total. The average molecular weight is 441 g/mol. The molecule has 0 fully saturated rings. The zero-order chi connectivity index (χ0) is 17.7. The molecule has 24 heavy (non-hydrogen) atoms. The van der Waals surface area contributed by atoms with Crippen molar-refractivity contribution in [3.05, 3.63) is 17.9 Å². The third-order valence-corrected chi connectivity index (χ3v) is 20.5. The van der Waals surface area contributed by atoms with Gasteiger partial charge in [-0.15, -0.1) is 0 Å². The summed E-state index contributed by atoms with van der Waals surface area (Å²) >= 11 is -2.32. The Morgan fingerprint density at radius 2 is 1.21 bits per heavy atom. The molecule has 0 spiro atoms. The van der Waals surface area contributed by atoms with E-state index in [2.05, 4.69) is 39.8 Å². The third kappa shape index (κ3) is 7.54. The van der Waals surface area contributed by atoms with E-state index in [0.717, 1.165) is 6.42 Å². The maximum absolute atomic E-state index is 6.51. The van der Waals surface area contributed by atoms with Crippen molar-refractivity contribution in [3.63, 3.8) is 0 Å². The number of hydrogen-bond donors (Lipinski definition) is 0. The summed E-state index contributed by atoms with van der Waals surface area (Å²) in [5.41, 5.74) is 0. The molecule has 2 heteroatoms. The molecule has 0 bridgehead atoms. The van der Waals surface area contributed by atoms with Gasteiger partial charge in [-0.05, 0) is 0 Å². The van der Waals surface area contributed by atoms with E-state index in [4.69, 9.17) is 4.42 Å². The molecule has 0 atom stereocenters. The summed E-state index contributed by atoms with van der Waals surface area (Å²) in [4.78, 5) is 0. The molecule has 140 valence electrons. The van der Waals surface area contributed by atoms with Gasteiger partial charge in [0.15, 0.2) is 0 Å². The van der Waals surface area contributed by atoms with Crippen molar-refractivity contribution in [3.8, 4) is 0 Å². The van der Waals surface area contributed by atoms with E-state index in [9.17, 15) is 0 Å². The van der Waals surface area contributed by atoms with E-state index >= 15 is 0 Å². The maximum atomic E-state index is 6.51. The van der Waals surface area contributed by atoms with Gasteiger partial charge in [-0.2, -0.15) is 0 Å². The Balaban J connectivity index is 2.84. The molecule has 0 aliphatic carbocycles. The molecule has 0 radical (unpaired) electrons. The zero-order valence-electron chi connectivity index (χ0n) is 17.0. The number of unbranched alkanes of at least 4 members (excludes halogenated alkanes) is 6. The van der Waals surface area contributed by atoms with Crippen LogP contribution in [0.2, 0.25) is 13.3 Å². The van der Waals surface area contributed by atoms with Gasteiger partial charge >= 0.3 is 156 Å². The molecular formula is C22H42OSn. The van der Waals surface area contributed by atoms with E-state index in [-0.39, 0.29) is 0 Å². The molecule has 1 rings (SSSR count). The van der Waals surface area contributed by atoms with Gasteiger partial charge in [0.25, 0.3) is 0 Å². The predicted octanol–water partition coefficient (Wildman–Crippen LogP) is 7.46. The van der Waals surface area contributed by atoms with E-state index in [1.54, 1.807) is 0 Å². The molecular weight excluding hydrogens is 399 g/mol. The quantitative estimate of drug-likeness (QED) is 0.203. The van der Waals surface area contributed by atoms with Crippen LogP contribution in [0.15, 0.2) is 16.5 Å². The fraction of sp³-hybridized carbons (Fsp3) is 0.818. The van der Waals surface area contributed by atoms with Crippen LogP contribution in [-0.4, -0.2) is 18.4 Å². The molecule has 1 nitrogen and oxygen atoms in total. The summed E-state index contributed by atoms with van der Waals surface area (Å²) < 4.78 is 12.5. The Morgan fingerprint density at radius 3 is 1.71 bits per heavy atom. The fourth-order valence-corrected chi connectivity index (χ4v) is 19.1. The molecule has 0 unspecified atom stereocenters. The zero-order valence-corrected chi connectivity index (χ0v) is 19.8. The van der Waals surface area contributed by atoms with Crippen LogP contribution in [0.25, 0.3) is 0 Å². The molecule has 0 saturated heterocycles. The Hall–Kier alpha value is 0.0787. The van der Waals surface area contributed by atoms with Crippen LogP contribution in [0.1, 0.15) is 97.7 Å². The van der Waals surface area contributed by atoms with Gasteiger partial charge < -0.3 is 0 Å². The standard InChI is InChI=1S/C10H15O.3C4H9.Sn/c1-2-3-4-5-7-10-8-6-9-11-10;3*1-3-4-2;/h6,8H,2-5,7H2,1H3;3*1,3-4H2,2H3;. The Labute approximate surface area is 155 Å². The molecule has 1 aromatic rings. The van der Waals surface area contributed by atoms with Crippen molar-refractivity contribution in [1.82, 2.24) is 0 Å². The number of aryl methyl sites for hydroxylation is 1. The molecule has 1 heterocycles. The molecule has 0 aromatic carbocycles. The monoisotopic (exact) mass is 442 g/mol. The molecule has 0 amide bonds. The number of rotatable bonds is 15. The van der Waals surface area contributed by atoms with Crippen LogP contribution in [0.3, 0.4) is 0 Å². The van der Waals surface area contributed by atoms with E-state index in [1.165, 1.54) is 87.1 Å². The first-order chi connectivity index (χ1) is 11.7. The van der Waals surface area contributed by atoms with E-state index in [1.807, 2.05) is 0 Å². The van der Waals surface area contributed by atoms with Crippen LogP contribution in [0.5, 0.6) is 0 Å². The number of furan rings is 1. The van der Waals surface area contributed by atoms with Gasteiger partial charge in [0.05, 0.1) is 0 Å². The fourth-order valence-electron chi connectivity index (χ4n) is 3.81. The normalized spacial score (nSPS) is 12.0. The molecule has 0 aliphatic rings. The summed E-state index contributed by atoms with van der Waals surface area (Å²) in [6, 6.07) is 4.73. The molecule has 0 aliphatic heterocycles. The second-order valence-electron chi connectivity index (χ2n) is 7.67. The SMILES string of the molecule is CCCCCCc1cc[c]([Sn]([CH2]CCC)([CH2]CCC)[CH2]CCC)o1. The minimum absolute atomic E-state index is 1.15. The van der Waals surface area contributed by atoms with Crippen molar-refractivity contribution in [1.29, 1.82) is 0 Å². The van der Waals surface area contributed by atoms with Crippen LogP contribution in [-0.2, 0) is 6.42 Å². The van der Waals surface area contributed by atoms with E-state index in [0.29, 0.717) is 0 Å². The summed E-state index contributed by atoms with van der Waals surface area (Å²) in [5.74, 6) is 1.27. The number of hydrogen-bond acceptors (Lipinski definition) is 1. The summed E-state index contributed by atoms with van der Waals surface area (Å²) in [7, 11) is 0. The van der Waals surface area contributed by atoms with Gasteiger partial charge in [0, 0.05) is 0 Å². The van der Waals surface area contributed by atoms with Gasteiger partial charge in [-0.25, -0.2) is 0 Å². The minimum atomic E-state index is -2.32. The Bertz CT molecular complexity index is 388. The molecule has 0 saturated carbocycles. The second-order valence-corrected chi connectivity index (χ2v) is 20.7. The van der Waals surface area contributed by atoms with Crippen molar-refractivity contribution in [2.45, 2.75) is 112 Å². The van der Waals surface area contributed by atoms with Crippen LogP contribution < -0.4 is 3.78 Å². The Morgan fingerprint density at radius 1 is 0.667 bits per heavy atom. The van der Waals surface area contributed by atoms with Gasteiger partial charge in [-0.3, -0.25) is 0 Å². The van der Waals surface area contributed by atoms with Crippen molar-refractivity contribution in [2.24, 2.45) is 0 Å². The van der Waals surface area contributed by atoms with Gasteiger partial charge in [0.1, 0.15) is 0 Å². The van der Waals surface area contributed by atoms with Crippen molar-refractivity contribution < 1.29 is 4.42 Å². The first kappa shape index (κ1) is 22.1. The summed E-state index contributed by atoms with van der Waals surface area (Å²) in [5, 5.41) is 0. The topological polar surface area (TPSA) is 13.1 Å². The Kier molecular flexibility index (Phi) is 12.3. The predicted molar refractivity (Wildman–Crippen MR) is 111 cm³/mol. The van der Waals surface area contributed by atoms with Crippen LogP contribution in [0, 0.1) is 0 Å². The van der Waals surface area contributed by atoms with Crippen molar-refractivity contribution in [2.75, 3.05) is 0 Å². The van der Waals surface area contributed by atoms with Crippen LogP contribution in [0.4, 0.5) is 0 Å². The molecule has 1 aromatic heterocycles. The average Bonchev–Trinajstić information content (AvgIpc) is 3.08. The summed E-state index contributed by atoms with van der Waals surface area (Å²) in [6.45, 7) is 9.32. The first-order valence-electron chi connectivity index (χ1n) is 10.8. The summed E-state index contributed by atoms with van der Waals surface area (Å²) in [6.07, 6.45) is 14.7. The third-order valence-electron chi connectivity index (χ3n) is 5.49. The second kappa shape index (κ2) is 13.3. The first-order valence-corrected chi connectivity index (χ1v) is 18.3. The van der Waals surface area contributed by atoms with Crippen LogP contribution >= 0.6 is 0 Å². The van der Waals surface area contributed by atoms with Gasteiger partial charge in [-0.1, -0.05) is 0 Å². The van der Waals surface area contributed by atoms with Crippen molar-refractivity contribution >= 4 is 22.2 Å². The van der Waals surface area contributed by atoms with Gasteiger partial charge in [0.2, 0.25) is 0 Å².